The zero-order valence-electron chi connectivity index (χ0n) is 11.4. The Kier molecular flexibility index (Phi) is 2.38. The van der Waals surface area contributed by atoms with Crippen molar-refractivity contribution in [1.29, 1.82) is 0 Å². The van der Waals surface area contributed by atoms with E-state index < -0.39 is 0 Å². The van der Waals surface area contributed by atoms with Crippen LogP contribution in [0.3, 0.4) is 0 Å². The van der Waals surface area contributed by atoms with Crippen molar-refractivity contribution in [2.75, 3.05) is 5.73 Å². The van der Waals surface area contributed by atoms with Crippen LogP contribution in [0.1, 0.15) is 11.5 Å². The molecule has 4 rings (SSSR count). The zero-order chi connectivity index (χ0) is 14.7. The fourth-order valence-corrected chi connectivity index (χ4v) is 2.91. The van der Waals surface area contributed by atoms with Gasteiger partial charge in [-0.2, -0.15) is 0 Å². The second kappa shape index (κ2) is 4.05. The third kappa shape index (κ3) is 1.67. The summed E-state index contributed by atoms with van der Waals surface area (Å²) >= 11 is 6.44. The molecular weight excluding hydrogens is 292 g/mol. The third-order valence-electron chi connectivity index (χ3n) is 3.43. The van der Waals surface area contributed by atoms with Crippen LogP contribution in [-0.2, 0) is 0 Å². The van der Waals surface area contributed by atoms with E-state index in [2.05, 4.69) is 5.16 Å². The van der Waals surface area contributed by atoms with Crippen LogP contribution in [0.15, 0.2) is 31.6 Å². The number of benzene rings is 1. The van der Waals surface area contributed by atoms with E-state index in [4.69, 9.17) is 30.7 Å². The number of hydrogen-bond donors (Lipinski definition) is 1. The van der Waals surface area contributed by atoms with E-state index in [9.17, 15) is 0 Å². The second-order valence-electron chi connectivity index (χ2n) is 5.00. The topological polar surface area (TPSA) is 78.3 Å². The van der Waals surface area contributed by atoms with Crippen molar-refractivity contribution in [3.05, 3.63) is 34.7 Å². The lowest BCUT2D eigenvalue weighted by Gasteiger charge is -2.02. The van der Waals surface area contributed by atoms with Gasteiger partial charge in [-0.1, -0.05) is 16.8 Å². The number of rotatable bonds is 1. The Morgan fingerprint density at radius 3 is 2.33 bits per heavy atom. The Bertz CT molecular complexity index is 936. The summed E-state index contributed by atoms with van der Waals surface area (Å²) in [5.41, 5.74) is 8.26. The smallest absolute Gasteiger partial charge is 0.222 e. The van der Waals surface area contributed by atoms with Crippen LogP contribution < -0.4 is 5.73 Å². The lowest BCUT2D eigenvalue weighted by atomic mass is 10.0. The maximum atomic E-state index is 6.44. The number of nitrogens with two attached hydrogens (primary N) is 1. The average molecular weight is 303 g/mol. The van der Waals surface area contributed by atoms with Crippen molar-refractivity contribution in [2.24, 2.45) is 0 Å². The van der Waals surface area contributed by atoms with Gasteiger partial charge < -0.3 is 19.1 Å². The Morgan fingerprint density at radius 1 is 1.00 bits per heavy atom. The van der Waals surface area contributed by atoms with E-state index in [-0.39, 0.29) is 5.88 Å². The van der Waals surface area contributed by atoms with Crippen molar-refractivity contribution in [1.82, 2.24) is 5.16 Å². The third-order valence-corrected chi connectivity index (χ3v) is 3.80. The van der Waals surface area contributed by atoms with E-state index in [1.807, 2.05) is 26.0 Å². The second-order valence-corrected chi connectivity index (χ2v) is 5.38. The maximum Gasteiger partial charge on any atom is 0.222 e. The summed E-state index contributed by atoms with van der Waals surface area (Å²) in [5, 5.41) is 6.13. The number of furan rings is 2. The van der Waals surface area contributed by atoms with E-state index in [0.717, 1.165) is 27.9 Å². The summed E-state index contributed by atoms with van der Waals surface area (Å²) in [6.45, 7) is 3.73. The molecule has 2 N–H and O–H groups in total. The Balaban J connectivity index is 2.25. The molecule has 1 aromatic carbocycles. The average Bonchev–Trinajstić information content (AvgIpc) is 3.09. The normalized spacial score (nSPS) is 11.8. The summed E-state index contributed by atoms with van der Waals surface area (Å²) in [7, 11) is 0. The van der Waals surface area contributed by atoms with Crippen LogP contribution >= 0.6 is 11.6 Å². The molecule has 0 radical (unpaired) electrons. The number of fused-ring (bicyclic) bond motifs is 2. The van der Waals surface area contributed by atoms with E-state index >= 15 is 0 Å². The SMILES string of the molecule is Cc1cc2c(-c3cc(N)on3)c3oc(C)cc3c(Cl)c2o1. The molecule has 0 saturated carbocycles. The molecule has 3 heterocycles. The summed E-state index contributed by atoms with van der Waals surface area (Å²) in [5.74, 6) is 1.76. The van der Waals surface area contributed by atoms with E-state index in [0.29, 0.717) is 21.9 Å². The number of halogens is 1. The molecule has 0 unspecified atom stereocenters. The van der Waals surface area contributed by atoms with Gasteiger partial charge in [-0.25, -0.2) is 0 Å². The van der Waals surface area contributed by atoms with Crippen molar-refractivity contribution in [3.8, 4) is 11.3 Å². The summed E-state index contributed by atoms with van der Waals surface area (Å²) < 4.78 is 16.5. The molecule has 0 atom stereocenters. The molecule has 0 bridgehead atoms. The van der Waals surface area contributed by atoms with E-state index in [1.54, 1.807) is 6.07 Å². The maximum absolute atomic E-state index is 6.44. The van der Waals surface area contributed by atoms with Gasteiger partial charge >= 0.3 is 0 Å². The number of anilines is 1. The summed E-state index contributed by atoms with van der Waals surface area (Å²) in [6, 6.07) is 5.43. The Labute approximate surface area is 124 Å². The minimum atomic E-state index is 0.241. The van der Waals surface area contributed by atoms with Gasteiger partial charge in [0, 0.05) is 16.8 Å². The highest BCUT2D eigenvalue weighted by molar-refractivity contribution is 6.41. The molecule has 0 amide bonds. The van der Waals surface area contributed by atoms with Crippen molar-refractivity contribution in [3.63, 3.8) is 0 Å². The first kappa shape index (κ1) is 12.3. The van der Waals surface area contributed by atoms with Crippen LogP contribution in [0.2, 0.25) is 5.02 Å². The first-order valence-electron chi connectivity index (χ1n) is 6.39. The molecular formula is C15H11ClN2O3. The van der Waals surface area contributed by atoms with Gasteiger partial charge in [-0.05, 0) is 26.0 Å². The first-order valence-corrected chi connectivity index (χ1v) is 6.76. The molecule has 0 aliphatic rings. The number of nitrogens with zero attached hydrogens (tertiary/aromatic N) is 1. The Hall–Kier alpha value is -2.40. The molecule has 0 fully saturated rings. The molecule has 0 aliphatic carbocycles. The van der Waals surface area contributed by atoms with Gasteiger partial charge in [0.1, 0.15) is 22.8 Å². The van der Waals surface area contributed by atoms with Gasteiger partial charge in [-0.3, -0.25) is 0 Å². The minimum Gasteiger partial charge on any atom is -0.461 e. The standard InChI is InChI=1S/C15H11ClN2O3/c1-6-3-8-12(10-5-11(17)21-18-10)14-9(4-7(2)19-14)13(16)15(8)20-6/h3-5H,17H2,1-2H3. The molecule has 3 aromatic heterocycles. The quantitative estimate of drug-likeness (QED) is 0.552. The van der Waals surface area contributed by atoms with Gasteiger partial charge in [-0.15, -0.1) is 0 Å². The molecule has 106 valence electrons. The summed E-state index contributed by atoms with van der Waals surface area (Å²) in [6.07, 6.45) is 0. The molecule has 4 aromatic rings. The first-order chi connectivity index (χ1) is 10.0. The van der Waals surface area contributed by atoms with Gasteiger partial charge in [0.05, 0.1) is 10.6 Å². The molecule has 5 nitrogen and oxygen atoms in total. The number of nitrogen functional groups attached to an aromatic ring is 1. The molecule has 0 saturated heterocycles. The van der Waals surface area contributed by atoms with Gasteiger partial charge in [0.2, 0.25) is 5.88 Å². The minimum absolute atomic E-state index is 0.241. The van der Waals surface area contributed by atoms with E-state index in [1.165, 1.54) is 0 Å². The predicted molar refractivity (Wildman–Crippen MR) is 80.4 cm³/mol. The highest BCUT2D eigenvalue weighted by atomic mass is 35.5. The number of aromatic nitrogens is 1. The van der Waals surface area contributed by atoms with Crippen LogP contribution in [0.5, 0.6) is 0 Å². The van der Waals surface area contributed by atoms with Crippen molar-refractivity contribution >= 4 is 39.4 Å². The number of hydrogen-bond acceptors (Lipinski definition) is 5. The molecule has 0 aliphatic heterocycles. The van der Waals surface area contributed by atoms with Gasteiger partial charge in [0.25, 0.3) is 0 Å². The van der Waals surface area contributed by atoms with Crippen LogP contribution in [-0.4, -0.2) is 5.16 Å². The fraction of sp³-hybridized carbons (Fsp3) is 0.133. The monoisotopic (exact) mass is 302 g/mol. The molecule has 21 heavy (non-hydrogen) atoms. The highest BCUT2D eigenvalue weighted by Crippen LogP contribution is 2.43. The lowest BCUT2D eigenvalue weighted by molar-refractivity contribution is 0.439. The van der Waals surface area contributed by atoms with Crippen LogP contribution in [0, 0.1) is 13.8 Å². The predicted octanol–water partition coefficient (Wildman–Crippen LogP) is 4.69. The summed E-state index contributed by atoms with van der Waals surface area (Å²) in [4.78, 5) is 0. The highest BCUT2D eigenvalue weighted by Gasteiger charge is 2.22. The van der Waals surface area contributed by atoms with Crippen molar-refractivity contribution < 1.29 is 13.4 Å². The van der Waals surface area contributed by atoms with Crippen LogP contribution in [0.25, 0.3) is 33.2 Å². The van der Waals surface area contributed by atoms with Crippen molar-refractivity contribution in [2.45, 2.75) is 13.8 Å². The zero-order valence-corrected chi connectivity index (χ0v) is 12.1. The number of aryl methyl sites for hydroxylation is 2. The van der Waals surface area contributed by atoms with Gasteiger partial charge in [0.15, 0.2) is 5.58 Å². The fourth-order valence-electron chi connectivity index (χ4n) is 2.63. The Morgan fingerprint density at radius 2 is 1.67 bits per heavy atom. The lowest BCUT2D eigenvalue weighted by Crippen LogP contribution is -1.82. The van der Waals surface area contributed by atoms with Crippen LogP contribution in [0.4, 0.5) is 5.88 Å². The molecule has 6 heteroatoms. The molecule has 0 spiro atoms. The largest absolute Gasteiger partial charge is 0.461 e.